The van der Waals surface area contributed by atoms with Crippen molar-refractivity contribution in [1.82, 2.24) is 15.0 Å². The number of rotatable bonds is 6. The predicted octanol–water partition coefficient (Wildman–Crippen LogP) is 2.14. The maximum atomic E-state index is 14.1. The average molecular weight is 315 g/mol. The largest absolute Gasteiger partial charge is 0.353 e. The van der Waals surface area contributed by atoms with Crippen LogP contribution in [0.3, 0.4) is 0 Å². The fourth-order valence-electron chi connectivity index (χ4n) is 2.78. The molecule has 0 spiro atoms. The number of pyridine rings is 1. The highest BCUT2D eigenvalue weighted by Gasteiger charge is 2.41. The fourth-order valence-corrected chi connectivity index (χ4v) is 2.78. The first-order valence-electron chi connectivity index (χ1n) is 7.50. The summed E-state index contributed by atoms with van der Waals surface area (Å²) >= 11 is 0. The van der Waals surface area contributed by atoms with Crippen molar-refractivity contribution < 1.29 is 9.18 Å². The van der Waals surface area contributed by atoms with Gasteiger partial charge in [-0.05, 0) is 25.0 Å². The molecule has 0 saturated heterocycles. The van der Waals surface area contributed by atoms with E-state index in [0.29, 0.717) is 30.3 Å². The number of carbonyl (C=O) groups excluding carboxylic acids is 1. The van der Waals surface area contributed by atoms with Gasteiger partial charge >= 0.3 is 0 Å². The van der Waals surface area contributed by atoms with Crippen LogP contribution in [-0.4, -0.2) is 35.0 Å². The Morgan fingerprint density at radius 1 is 1.35 bits per heavy atom. The minimum absolute atomic E-state index is 0.266. The van der Waals surface area contributed by atoms with Crippen molar-refractivity contribution in [2.75, 3.05) is 23.8 Å². The standard InChI is InChI=1S/C16H18FN5O/c1-22(11-23)12-8-19-15(20-9-12)21-10-16(5-3-6-16)14-13(17)4-2-7-18-14/h2,4,7-9,11H,3,5-6,10H2,1H3,(H,19,20,21). The molecule has 23 heavy (non-hydrogen) atoms. The normalized spacial score (nSPS) is 15.6. The molecule has 0 atom stereocenters. The first-order chi connectivity index (χ1) is 11.1. The quantitative estimate of drug-likeness (QED) is 0.827. The number of aromatic nitrogens is 3. The molecule has 0 bridgehead atoms. The zero-order chi connectivity index (χ0) is 16.3. The van der Waals surface area contributed by atoms with E-state index >= 15 is 0 Å². The molecule has 7 heteroatoms. The van der Waals surface area contributed by atoms with E-state index in [1.807, 2.05) is 0 Å². The highest BCUT2D eigenvalue weighted by molar-refractivity contribution is 5.73. The zero-order valence-corrected chi connectivity index (χ0v) is 12.9. The van der Waals surface area contributed by atoms with Crippen LogP contribution in [-0.2, 0) is 10.2 Å². The second-order valence-corrected chi connectivity index (χ2v) is 5.80. The molecule has 1 saturated carbocycles. The number of anilines is 2. The molecule has 0 unspecified atom stereocenters. The maximum absolute atomic E-state index is 14.1. The second kappa shape index (κ2) is 6.28. The van der Waals surface area contributed by atoms with E-state index in [9.17, 15) is 9.18 Å². The van der Waals surface area contributed by atoms with Gasteiger partial charge in [-0.15, -0.1) is 0 Å². The summed E-state index contributed by atoms with van der Waals surface area (Å²) in [7, 11) is 1.63. The highest BCUT2D eigenvalue weighted by Crippen LogP contribution is 2.43. The van der Waals surface area contributed by atoms with Gasteiger partial charge < -0.3 is 10.2 Å². The molecule has 3 rings (SSSR count). The van der Waals surface area contributed by atoms with Gasteiger partial charge in [-0.1, -0.05) is 6.42 Å². The molecule has 1 amide bonds. The van der Waals surface area contributed by atoms with Crippen LogP contribution < -0.4 is 10.2 Å². The van der Waals surface area contributed by atoms with Gasteiger partial charge in [0.15, 0.2) is 0 Å². The van der Waals surface area contributed by atoms with E-state index in [1.54, 1.807) is 31.7 Å². The number of amides is 1. The summed E-state index contributed by atoms with van der Waals surface area (Å²) in [6.07, 6.45) is 8.29. The minimum atomic E-state index is -0.299. The van der Waals surface area contributed by atoms with Crippen LogP contribution in [0.2, 0.25) is 0 Å². The molecule has 1 fully saturated rings. The number of carbonyl (C=O) groups is 1. The monoisotopic (exact) mass is 315 g/mol. The first kappa shape index (κ1) is 15.3. The Morgan fingerprint density at radius 3 is 2.65 bits per heavy atom. The van der Waals surface area contributed by atoms with Crippen LogP contribution in [0.4, 0.5) is 16.0 Å². The third kappa shape index (κ3) is 2.99. The van der Waals surface area contributed by atoms with E-state index in [1.165, 1.54) is 11.0 Å². The van der Waals surface area contributed by atoms with Crippen molar-refractivity contribution in [2.24, 2.45) is 0 Å². The van der Waals surface area contributed by atoms with Crippen LogP contribution in [0.15, 0.2) is 30.7 Å². The highest BCUT2D eigenvalue weighted by atomic mass is 19.1. The molecule has 2 heterocycles. The van der Waals surface area contributed by atoms with E-state index < -0.39 is 0 Å². The molecule has 120 valence electrons. The molecule has 0 aromatic carbocycles. The number of halogens is 1. The van der Waals surface area contributed by atoms with Gasteiger partial charge in [0.2, 0.25) is 12.4 Å². The predicted molar refractivity (Wildman–Crippen MR) is 84.7 cm³/mol. The van der Waals surface area contributed by atoms with Crippen molar-refractivity contribution in [3.63, 3.8) is 0 Å². The van der Waals surface area contributed by atoms with Gasteiger partial charge in [0, 0.05) is 25.2 Å². The van der Waals surface area contributed by atoms with Crippen molar-refractivity contribution in [3.8, 4) is 0 Å². The summed E-state index contributed by atoms with van der Waals surface area (Å²) in [6.45, 7) is 0.532. The minimum Gasteiger partial charge on any atom is -0.353 e. The van der Waals surface area contributed by atoms with Crippen molar-refractivity contribution in [2.45, 2.75) is 24.7 Å². The number of hydrogen-bond acceptors (Lipinski definition) is 5. The Morgan fingerprint density at radius 2 is 2.09 bits per heavy atom. The molecule has 1 aliphatic rings. The molecule has 0 aliphatic heterocycles. The van der Waals surface area contributed by atoms with Crippen LogP contribution in [0, 0.1) is 5.82 Å². The van der Waals surface area contributed by atoms with Gasteiger partial charge in [-0.3, -0.25) is 9.78 Å². The van der Waals surface area contributed by atoms with Gasteiger partial charge in [0.1, 0.15) is 5.82 Å². The Hall–Kier alpha value is -2.57. The Labute approximate surface area is 133 Å². The molecular weight excluding hydrogens is 297 g/mol. The first-order valence-corrected chi connectivity index (χ1v) is 7.50. The number of hydrogen-bond donors (Lipinski definition) is 1. The lowest BCUT2D eigenvalue weighted by molar-refractivity contribution is -0.107. The average Bonchev–Trinajstić information content (AvgIpc) is 2.55. The topological polar surface area (TPSA) is 71.0 Å². The third-order valence-electron chi connectivity index (χ3n) is 4.36. The van der Waals surface area contributed by atoms with E-state index in [-0.39, 0.29) is 11.2 Å². The molecule has 6 nitrogen and oxygen atoms in total. The van der Waals surface area contributed by atoms with Crippen molar-refractivity contribution in [1.29, 1.82) is 0 Å². The van der Waals surface area contributed by atoms with Crippen molar-refractivity contribution in [3.05, 3.63) is 42.2 Å². The summed E-state index contributed by atoms with van der Waals surface area (Å²) in [5.74, 6) is 0.188. The summed E-state index contributed by atoms with van der Waals surface area (Å²) in [4.78, 5) is 24.7. The number of nitrogens with one attached hydrogen (secondary N) is 1. The fraction of sp³-hybridized carbons (Fsp3) is 0.375. The lowest BCUT2D eigenvalue weighted by atomic mass is 9.66. The van der Waals surface area contributed by atoms with E-state index in [2.05, 4.69) is 20.3 Å². The molecule has 0 radical (unpaired) electrons. The van der Waals surface area contributed by atoms with Gasteiger partial charge in [0.25, 0.3) is 0 Å². The molecule has 1 aliphatic carbocycles. The molecule has 1 N–H and O–H groups in total. The lowest BCUT2D eigenvalue weighted by Gasteiger charge is -2.41. The zero-order valence-electron chi connectivity index (χ0n) is 12.9. The Bertz CT molecular complexity index is 687. The Balaban J connectivity index is 1.71. The maximum Gasteiger partial charge on any atom is 0.222 e. The summed E-state index contributed by atoms with van der Waals surface area (Å²) < 4.78 is 14.1. The van der Waals surface area contributed by atoms with Crippen LogP contribution in [0.1, 0.15) is 25.0 Å². The van der Waals surface area contributed by atoms with E-state index in [0.717, 1.165) is 19.3 Å². The molecular formula is C16H18FN5O. The summed E-state index contributed by atoms with van der Waals surface area (Å²) in [5.41, 5.74) is 0.822. The third-order valence-corrected chi connectivity index (χ3v) is 4.36. The van der Waals surface area contributed by atoms with Crippen LogP contribution >= 0.6 is 0 Å². The van der Waals surface area contributed by atoms with Crippen LogP contribution in [0.5, 0.6) is 0 Å². The van der Waals surface area contributed by atoms with Gasteiger partial charge in [-0.2, -0.15) is 0 Å². The van der Waals surface area contributed by atoms with Crippen LogP contribution in [0.25, 0.3) is 0 Å². The van der Waals surface area contributed by atoms with E-state index in [4.69, 9.17) is 0 Å². The van der Waals surface area contributed by atoms with Crippen molar-refractivity contribution >= 4 is 18.0 Å². The number of nitrogens with zero attached hydrogens (tertiary/aromatic N) is 4. The molecule has 2 aromatic rings. The molecule has 2 aromatic heterocycles. The summed E-state index contributed by atoms with van der Waals surface area (Å²) in [6, 6.07) is 3.05. The SMILES string of the molecule is CN(C=O)c1cnc(NCC2(c3ncccc3F)CCC2)nc1. The lowest BCUT2D eigenvalue weighted by Crippen LogP contribution is -2.42. The van der Waals surface area contributed by atoms with Gasteiger partial charge in [0.05, 0.1) is 23.8 Å². The Kier molecular flexibility index (Phi) is 4.18. The second-order valence-electron chi connectivity index (χ2n) is 5.80. The van der Waals surface area contributed by atoms with Gasteiger partial charge in [-0.25, -0.2) is 14.4 Å². The smallest absolute Gasteiger partial charge is 0.222 e. The summed E-state index contributed by atoms with van der Waals surface area (Å²) in [5, 5.41) is 3.16.